The minimum Gasteiger partial charge on any atom is -0.497 e. The molecule has 248 valence electrons. The Kier molecular flexibility index (Phi) is 12.5. The van der Waals surface area contributed by atoms with E-state index in [0.29, 0.717) is 34.3 Å². The third kappa shape index (κ3) is 8.77. The van der Waals surface area contributed by atoms with Crippen molar-refractivity contribution in [2.75, 3.05) is 31.6 Å². The standard InChI is InChI=1S/C35H37Cl2N3O6S/c1-4-20-38-35(42)32(21-25-12-7-5-8-13-25)39(23-28-29(36)16-11-17-30(28)37)34(41)24-40(47(43,44)27-14-9-6-10-15-27)31-22-26(45-2)18-19-33(31)46-3/h5-19,22,32H,4,20-21,23-24H2,1-3H3,(H,38,42). The molecule has 1 N–H and O–H groups in total. The minimum atomic E-state index is -4.35. The molecule has 0 aliphatic carbocycles. The fraction of sp³-hybridized carbons (Fsp3) is 0.257. The zero-order valence-corrected chi connectivity index (χ0v) is 28.7. The lowest BCUT2D eigenvalue weighted by Gasteiger charge is -2.34. The second-order valence-corrected chi connectivity index (χ2v) is 13.3. The van der Waals surface area contributed by atoms with Gasteiger partial charge in [-0.2, -0.15) is 0 Å². The monoisotopic (exact) mass is 697 g/mol. The molecule has 0 fully saturated rings. The summed E-state index contributed by atoms with van der Waals surface area (Å²) >= 11 is 13.1. The first-order valence-electron chi connectivity index (χ1n) is 14.9. The first kappa shape index (κ1) is 35.6. The van der Waals surface area contributed by atoms with Crippen LogP contribution in [0.15, 0.2) is 102 Å². The maximum atomic E-state index is 14.7. The van der Waals surface area contributed by atoms with Gasteiger partial charge < -0.3 is 19.7 Å². The van der Waals surface area contributed by atoms with E-state index >= 15 is 0 Å². The average Bonchev–Trinajstić information content (AvgIpc) is 3.09. The van der Waals surface area contributed by atoms with Crippen LogP contribution in [-0.4, -0.2) is 58.5 Å². The molecule has 0 spiro atoms. The molecule has 4 aromatic rings. The van der Waals surface area contributed by atoms with Crippen LogP contribution in [0.3, 0.4) is 0 Å². The highest BCUT2D eigenvalue weighted by molar-refractivity contribution is 7.92. The highest BCUT2D eigenvalue weighted by Gasteiger charge is 2.36. The van der Waals surface area contributed by atoms with Crippen LogP contribution in [0.1, 0.15) is 24.5 Å². The number of methoxy groups -OCH3 is 2. The molecule has 0 aliphatic heterocycles. The zero-order valence-electron chi connectivity index (χ0n) is 26.4. The number of ether oxygens (including phenoxy) is 2. The third-order valence-corrected chi connectivity index (χ3v) is 9.96. The number of carbonyl (C=O) groups excluding carboxylic acids is 2. The van der Waals surface area contributed by atoms with E-state index in [1.54, 1.807) is 48.5 Å². The Morgan fingerprint density at radius 2 is 1.49 bits per heavy atom. The van der Waals surface area contributed by atoms with Crippen LogP contribution in [0.5, 0.6) is 11.5 Å². The van der Waals surface area contributed by atoms with Crippen LogP contribution in [0.4, 0.5) is 5.69 Å². The number of nitrogens with zero attached hydrogens (tertiary/aromatic N) is 2. The molecular formula is C35H37Cl2N3O6S. The molecule has 4 rings (SSSR count). The Labute approximate surface area is 286 Å². The summed E-state index contributed by atoms with van der Waals surface area (Å²) in [4.78, 5) is 29.8. The summed E-state index contributed by atoms with van der Waals surface area (Å²) < 4.78 is 40.5. The number of benzene rings is 4. The van der Waals surface area contributed by atoms with Gasteiger partial charge in [-0.25, -0.2) is 8.42 Å². The molecule has 4 aromatic carbocycles. The molecule has 0 aromatic heterocycles. The van der Waals surface area contributed by atoms with Crippen LogP contribution >= 0.6 is 23.2 Å². The van der Waals surface area contributed by atoms with Gasteiger partial charge >= 0.3 is 0 Å². The fourth-order valence-corrected chi connectivity index (χ4v) is 6.95. The Hall–Kier alpha value is -4.25. The number of hydrogen-bond donors (Lipinski definition) is 1. The van der Waals surface area contributed by atoms with Crippen LogP contribution in [0, 0.1) is 0 Å². The first-order chi connectivity index (χ1) is 22.6. The number of anilines is 1. The van der Waals surface area contributed by atoms with Gasteiger partial charge in [0, 0.05) is 41.2 Å². The van der Waals surface area contributed by atoms with Gasteiger partial charge in [0.05, 0.1) is 24.8 Å². The lowest BCUT2D eigenvalue weighted by molar-refractivity contribution is -0.140. The van der Waals surface area contributed by atoms with Crippen molar-refractivity contribution in [1.82, 2.24) is 10.2 Å². The van der Waals surface area contributed by atoms with Crippen molar-refractivity contribution in [2.45, 2.75) is 37.2 Å². The summed E-state index contributed by atoms with van der Waals surface area (Å²) in [5.74, 6) is -0.524. The van der Waals surface area contributed by atoms with Gasteiger partial charge in [-0.1, -0.05) is 84.7 Å². The van der Waals surface area contributed by atoms with E-state index in [9.17, 15) is 18.0 Å². The summed E-state index contributed by atoms with van der Waals surface area (Å²) in [6.07, 6.45) is 0.824. The highest BCUT2D eigenvalue weighted by Crippen LogP contribution is 2.36. The minimum absolute atomic E-state index is 0.0418. The molecule has 9 nitrogen and oxygen atoms in total. The molecule has 0 saturated heterocycles. The summed E-state index contributed by atoms with van der Waals surface area (Å²) in [5.41, 5.74) is 1.30. The number of halogens is 2. The van der Waals surface area contributed by atoms with Crippen molar-refractivity contribution in [1.29, 1.82) is 0 Å². The van der Waals surface area contributed by atoms with Gasteiger partial charge in [-0.3, -0.25) is 13.9 Å². The van der Waals surface area contributed by atoms with Gasteiger partial charge in [0.2, 0.25) is 11.8 Å². The van der Waals surface area contributed by atoms with E-state index in [2.05, 4.69) is 5.32 Å². The maximum Gasteiger partial charge on any atom is 0.264 e. The largest absolute Gasteiger partial charge is 0.497 e. The normalized spacial score (nSPS) is 11.8. The molecule has 2 amide bonds. The van der Waals surface area contributed by atoms with Crippen molar-refractivity contribution in [2.24, 2.45) is 0 Å². The van der Waals surface area contributed by atoms with E-state index in [-0.39, 0.29) is 29.3 Å². The SMILES string of the molecule is CCCNC(=O)C(Cc1ccccc1)N(Cc1c(Cl)cccc1Cl)C(=O)CN(c1cc(OC)ccc1OC)S(=O)(=O)c1ccccc1. The molecule has 0 saturated carbocycles. The van der Waals surface area contributed by atoms with E-state index in [1.807, 2.05) is 37.3 Å². The van der Waals surface area contributed by atoms with Crippen molar-refractivity contribution in [3.8, 4) is 11.5 Å². The quantitative estimate of drug-likeness (QED) is 0.155. The number of nitrogens with one attached hydrogen (secondary N) is 1. The van der Waals surface area contributed by atoms with Crippen LogP contribution < -0.4 is 19.1 Å². The second-order valence-electron chi connectivity index (χ2n) is 10.6. The molecule has 0 aliphatic rings. The van der Waals surface area contributed by atoms with E-state index in [0.717, 1.165) is 9.87 Å². The van der Waals surface area contributed by atoms with Gasteiger partial charge in [-0.15, -0.1) is 0 Å². The molecule has 1 atom stereocenters. The number of sulfonamides is 1. The Balaban J connectivity index is 1.88. The van der Waals surface area contributed by atoms with Crippen LogP contribution in [-0.2, 0) is 32.6 Å². The summed E-state index contributed by atoms with van der Waals surface area (Å²) in [7, 11) is -1.50. The molecule has 1 unspecified atom stereocenters. The molecule has 0 bridgehead atoms. The molecule has 0 radical (unpaired) electrons. The molecule has 12 heteroatoms. The summed E-state index contributed by atoms with van der Waals surface area (Å²) in [6.45, 7) is 1.46. The fourth-order valence-electron chi connectivity index (χ4n) is 5.00. The number of rotatable bonds is 15. The van der Waals surface area contributed by atoms with E-state index in [4.69, 9.17) is 32.7 Å². The molecular weight excluding hydrogens is 661 g/mol. The molecule has 47 heavy (non-hydrogen) atoms. The number of amides is 2. The molecule has 0 heterocycles. The van der Waals surface area contributed by atoms with E-state index in [1.165, 1.54) is 37.3 Å². The summed E-state index contributed by atoms with van der Waals surface area (Å²) in [6, 6.07) is 25.6. The van der Waals surface area contributed by atoms with Gasteiger partial charge in [0.15, 0.2) is 0 Å². The van der Waals surface area contributed by atoms with Crippen molar-refractivity contribution in [3.63, 3.8) is 0 Å². The van der Waals surface area contributed by atoms with Crippen LogP contribution in [0.25, 0.3) is 0 Å². The summed E-state index contributed by atoms with van der Waals surface area (Å²) in [5, 5.41) is 3.50. The van der Waals surface area contributed by atoms with Crippen molar-refractivity contribution < 1.29 is 27.5 Å². The Morgan fingerprint density at radius 3 is 2.09 bits per heavy atom. The lowest BCUT2D eigenvalue weighted by Crippen LogP contribution is -2.53. The van der Waals surface area contributed by atoms with Gasteiger partial charge in [0.25, 0.3) is 10.0 Å². The van der Waals surface area contributed by atoms with E-state index < -0.39 is 34.4 Å². The van der Waals surface area contributed by atoms with Gasteiger partial charge in [0.1, 0.15) is 24.1 Å². The topological polar surface area (TPSA) is 105 Å². The van der Waals surface area contributed by atoms with Crippen molar-refractivity contribution >= 4 is 50.7 Å². The van der Waals surface area contributed by atoms with Crippen molar-refractivity contribution in [3.05, 3.63) is 118 Å². The highest BCUT2D eigenvalue weighted by atomic mass is 35.5. The third-order valence-electron chi connectivity index (χ3n) is 7.48. The maximum absolute atomic E-state index is 14.7. The Bertz CT molecular complexity index is 1750. The average molecular weight is 699 g/mol. The Morgan fingerprint density at radius 1 is 0.851 bits per heavy atom. The first-order valence-corrected chi connectivity index (χ1v) is 17.1. The predicted molar refractivity (Wildman–Crippen MR) is 185 cm³/mol. The predicted octanol–water partition coefficient (Wildman–Crippen LogP) is 6.37. The second kappa shape index (κ2) is 16.5. The number of hydrogen-bond acceptors (Lipinski definition) is 6. The number of carbonyl (C=O) groups is 2. The lowest BCUT2D eigenvalue weighted by atomic mass is 10.0. The van der Waals surface area contributed by atoms with Gasteiger partial charge in [-0.05, 0) is 48.4 Å². The zero-order chi connectivity index (χ0) is 34.0. The van der Waals surface area contributed by atoms with Crippen LogP contribution in [0.2, 0.25) is 10.0 Å². The smallest absolute Gasteiger partial charge is 0.264 e.